The number of hydrogen-bond acceptors (Lipinski definition) is 5. The summed E-state index contributed by atoms with van der Waals surface area (Å²) < 4.78 is 22.6. The summed E-state index contributed by atoms with van der Waals surface area (Å²) >= 11 is 0. The lowest BCUT2D eigenvalue weighted by molar-refractivity contribution is -0.111. The van der Waals surface area contributed by atoms with Gasteiger partial charge >= 0.3 is 7.60 Å². The molecule has 0 aliphatic heterocycles. The Kier molecular flexibility index (Phi) is 7.93. The summed E-state index contributed by atoms with van der Waals surface area (Å²) in [5.41, 5.74) is 2.91. The zero-order chi connectivity index (χ0) is 24.3. The van der Waals surface area contributed by atoms with Crippen LogP contribution in [0.25, 0.3) is 11.6 Å². The first-order valence-electron chi connectivity index (χ1n) is 10.6. The minimum absolute atomic E-state index is 0.276. The van der Waals surface area contributed by atoms with Gasteiger partial charge in [0.2, 0.25) is 0 Å². The highest BCUT2D eigenvalue weighted by molar-refractivity contribution is 7.55. The van der Waals surface area contributed by atoms with Gasteiger partial charge in [-0.1, -0.05) is 71.9 Å². The molecule has 0 radical (unpaired) electrons. The number of allylic oxidation sites excluding steroid dienone is 1. The maximum atomic E-state index is 13.3. The van der Waals surface area contributed by atoms with Crippen LogP contribution < -0.4 is 0 Å². The molecule has 0 fully saturated rings. The van der Waals surface area contributed by atoms with E-state index in [4.69, 9.17) is 9.05 Å². The van der Waals surface area contributed by atoms with Crippen molar-refractivity contribution in [2.24, 2.45) is 0 Å². The number of aromatic hydroxyl groups is 1. The predicted molar refractivity (Wildman–Crippen MR) is 131 cm³/mol. The van der Waals surface area contributed by atoms with Crippen molar-refractivity contribution in [2.45, 2.75) is 52.4 Å². The monoisotopic (exact) mass is 458 g/mol. The molecule has 0 aliphatic rings. The van der Waals surface area contributed by atoms with Crippen molar-refractivity contribution in [3.05, 3.63) is 64.7 Å². The standard InChI is InChI=1S/C26H35O5P/c1-25(2,3)21-15-18(16-22(24(21)28)26(4,5)6)14-20(19-12-10-9-11-13-19)23(27)17-32(29,30-7)31-8/h9-16,28H,17H2,1-8H3/b20-14-. The first kappa shape index (κ1) is 26.1. The molecule has 0 amide bonds. The van der Waals surface area contributed by atoms with Crippen LogP contribution in [0.1, 0.15) is 63.8 Å². The Hall–Kier alpha value is -2.20. The largest absolute Gasteiger partial charge is 0.507 e. The summed E-state index contributed by atoms with van der Waals surface area (Å²) in [7, 11) is -0.982. The number of phenols is 1. The Labute approximate surface area is 192 Å². The van der Waals surface area contributed by atoms with Crippen LogP contribution in [0.15, 0.2) is 42.5 Å². The van der Waals surface area contributed by atoms with Crippen molar-refractivity contribution in [3.8, 4) is 5.75 Å². The van der Waals surface area contributed by atoms with E-state index in [1.165, 1.54) is 14.2 Å². The first-order chi connectivity index (χ1) is 14.7. The van der Waals surface area contributed by atoms with E-state index in [0.29, 0.717) is 11.1 Å². The molecule has 0 unspecified atom stereocenters. The average Bonchev–Trinajstić information content (AvgIpc) is 2.71. The lowest BCUT2D eigenvalue weighted by atomic mass is 9.78. The van der Waals surface area contributed by atoms with Crippen LogP contribution in [-0.2, 0) is 29.2 Å². The first-order valence-corrected chi connectivity index (χ1v) is 12.3. The third kappa shape index (κ3) is 6.19. The molecule has 1 N–H and O–H groups in total. The Morgan fingerprint density at radius 1 is 0.938 bits per heavy atom. The fourth-order valence-electron chi connectivity index (χ4n) is 3.46. The van der Waals surface area contributed by atoms with Gasteiger partial charge in [-0.25, -0.2) is 0 Å². The van der Waals surface area contributed by atoms with Crippen molar-refractivity contribution < 1.29 is 23.5 Å². The molecule has 0 bridgehead atoms. The number of Topliss-reactive ketones (excluding diaryl/α,β-unsaturated/α-hetero) is 1. The Balaban J connectivity index is 2.75. The molecular formula is C26H35O5P. The van der Waals surface area contributed by atoms with E-state index in [9.17, 15) is 14.5 Å². The van der Waals surface area contributed by atoms with Crippen molar-refractivity contribution in [2.75, 3.05) is 20.4 Å². The molecule has 174 valence electrons. The molecule has 6 heteroatoms. The third-order valence-corrected chi connectivity index (χ3v) is 7.13. The maximum Gasteiger partial charge on any atom is 0.337 e. The molecule has 32 heavy (non-hydrogen) atoms. The number of ketones is 1. The van der Waals surface area contributed by atoms with E-state index < -0.39 is 7.60 Å². The van der Waals surface area contributed by atoms with E-state index in [0.717, 1.165) is 16.7 Å². The van der Waals surface area contributed by atoms with E-state index in [2.05, 4.69) is 0 Å². The van der Waals surface area contributed by atoms with E-state index >= 15 is 0 Å². The molecule has 2 rings (SSSR count). The van der Waals surface area contributed by atoms with Gasteiger partial charge in [-0.2, -0.15) is 0 Å². The van der Waals surface area contributed by atoms with Crippen molar-refractivity contribution in [3.63, 3.8) is 0 Å². The predicted octanol–water partition coefficient (Wildman–Crippen LogP) is 6.58. The van der Waals surface area contributed by atoms with Crippen LogP contribution in [0, 0.1) is 0 Å². The highest BCUT2D eigenvalue weighted by Gasteiger charge is 2.29. The topological polar surface area (TPSA) is 72.8 Å². The summed E-state index contributed by atoms with van der Waals surface area (Å²) in [6.45, 7) is 12.2. The molecule has 0 atom stereocenters. The lowest BCUT2D eigenvalue weighted by Gasteiger charge is -2.28. The Bertz CT molecular complexity index is 997. The maximum absolute atomic E-state index is 13.3. The molecule has 0 spiro atoms. The van der Waals surface area contributed by atoms with E-state index in [1.807, 2.05) is 84.0 Å². The highest BCUT2D eigenvalue weighted by Crippen LogP contribution is 2.47. The molecule has 2 aromatic rings. The van der Waals surface area contributed by atoms with Crippen LogP contribution in [0.5, 0.6) is 5.75 Å². The SMILES string of the molecule is COP(=O)(CC(=O)/C(=C\c1cc(C(C)(C)C)c(O)c(C(C)(C)C)c1)c1ccccc1)OC. The number of hydrogen-bond donors (Lipinski definition) is 1. The molecule has 0 aromatic heterocycles. The normalized spacial score (nSPS) is 13.3. The van der Waals surface area contributed by atoms with Crippen LogP contribution >= 0.6 is 7.60 Å². The number of phenolic OH excluding ortho intramolecular Hbond substituents is 1. The minimum atomic E-state index is -3.53. The summed E-state index contributed by atoms with van der Waals surface area (Å²) in [6.07, 6.45) is 1.42. The third-order valence-electron chi connectivity index (χ3n) is 5.34. The van der Waals surface area contributed by atoms with Gasteiger partial charge < -0.3 is 14.2 Å². The van der Waals surface area contributed by atoms with Crippen molar-refractivity contribution >= 4 is 25.0 Å². The molecule has 0 aliphatic carbocycles. The van der Waals surface area contributed by atoms with Gasteiger partial charge in [0.25, 0.3) is 0 Å². The second-order valence-corrected chi connectivity index (χ2v) is 12.2. The fourth-order valence-corrected chi connectivity index (χ4v) is 4.39. The van der Waals surface area contributed by atoms with Gasteiger partial charge in [-0.15, -0.1) is 0 Å². The molecule has 0 saturated carbocycles. The number of rotatable bonds is 7. The smallest absolute Gasteiger partial charge is 0.337 e. The van der Waals surface area contributed by atoms with Gasteiger partial charge in [-0.05, 0) is 40.2 Å². The van der Waals surface area contributed by atoms with Crippen LogP contribution in [0.2, 0.25) is 0 Å². The summed E-state index contributed by atoms with van der Waals surface area (Å²) in [6, 6.07) is 13.1. The summed E-state index contributed by atoms with van der Waals surface area (Å²) in [5, 5.41) is 11.0. The molecule has 2 aromatic carbocycles. The second-order valence-electron chi connectivity index (χ2n) is 9.95. The zero-order valence-electron chi connectivity index (χ0n) is 20.4. The zero-order valence-corrected chi connectivity index (χ0v) is 21.2. The number of benzene rings is 2. The molecule has 0 heterocycles. The van der Waals surface area contributed by atoms with Gasteiger partial charge in [0, 0.05) is 30.9 Å². The quantitative estimate of drug-likeness (QED) is 0.288. The van der Waals surface area contributed by atoms with E-state index in [-0.39, 0.29) is 28.5 Å². The molecule has 0 saturated heterocycles. The average molecular weight is 459 g/mol. The Morgan fingerprint density at radius 2 is 1.41 bits per heavy atom. The fraction of sp³-hybridized carbons (Fsp3) is 0.423. The lowest BCUT2D eigenvalue weighted by Crippen LogP contribution is -2.17. The Morgan fingerprint density at radius 3 is 1.81 bits per heavy atom. The van der Waals surface area contributed by atoms with Gasteiger partial charge in [-0.3, -0.25) is 9.36 Å². The highest BCUT2D eigenvalue weighted by atomic mass is 31.2. The number of carbonyl (C=O) groups excluding carboxylic acids is 1. The summed E-state index contributed by atoms with van der Waals surface area (Å²) in [4.78, 5) is 13.3. The van der Waals surface area contributed by atoms with Crippen LogP contribution in [0.3, 0.4) is 0 Å². The van der Waals surface area contributed by atoms with E-state index in [1.54, 1.807) is 6.08 Å². The minimum Gasteiger partial charge on any atom is -0.507 e. The molecule has 5 nitrogen and oxygen atoms in total. The van der Waals surface area contributed by atoms with Gasteiger partial charge in [0.05, 0.1) is 0 Å². The van der Waals surface area contributed by atoms with Crippen molar-refractivity contribution in [1.82, 2.24) is 0 Å². The molecular weight excluding hydrogens is 423 g/mol. The van der Waals surface area contributed by atoms with Gasteiger partial charge in [0.1, 0.15) is 11.9 Å². The number of carbonyl (C=O) groups is 1. The van der Waals surface area contributed by atoms with Gasteiger partial charge in [0.15, 0.2) is 5.78 Å². The van der Waals surface area contributed by atoms with Crippen LogP contribution in [-0.4, -0.2) is 31.3 Å². The van der Waals surface area contributed by atoms with Crippen molar-refractivity contribution in [1.29, 1.82) is 0 Å². The summed E-state index contributed by atoms with van der Waals surface area (Å²) in [5.74, 6) is -0.0658. The second kappa shape index (κ2) is 9.74. The van der Waals surface area contributed by atoms with Crippen LogP contribution in [0.4, 0.5) is 0 Å².